The predicted octanol–water partition coefficient (Wildman–Crippen LogP) is 2.90. The highest BCUT2D eigenvalue weighted by Crippen LogP contribution is 2.37. The second-order valence-corrected chi connectivity index (χ2v) is 6.38. The summed E-state index contributed by atoms with van der Waals surface area (Å²) in [6.45, 7) is 2.76. The molecule has 0 saturated carbocycles. The Morgan fingerprint density at radius 1 is 1.38 bits per heavy atom. The smallest absolute Gasteiger partial charge is 0.256 e. The molecule has 3 rings (SSSR count). The minimum atomic E-state index is -0.265. The van der Waals surface area contributed by atoms with E-state index < -0.39 is 0 Å². The number of nitrogens with zero attached hydrogens (tertiary/aromatic N) is 1. The summed E-state index contributed by atoms with van der Waals surface area (Å²) in [5, 5.41) is 13.7. The second kappa shape index (κ2) is 5.85. The highest BCUT2D eigenvalue weighted by molar-refractivity contribution is 6.31. The molecule has 1 aromatic carbocycles. The Morgan fingerprint density at radius 2 is 2.05 bits per heavy atom. The van der Waals surface area contributed by atoms with E-state index in [4.69, 9.17) is 11.6 Å². The monoisotopic (exact) mass is 308 g/mol. The molecule has 2 fully saturated rings. The van der Waals surface area contributed by atoms with Crippen LogP contribution in [-0.4, -0.2) is 40.6 Å². The van der Waals surface area contributed by atoms with E-state index in [1.165, 1.54) is 0 Å². The van der Waals surface area contributed by atoms with E-state index in [1.54, 1.807) is 12.1 Å². The topological polar surface area (TPSA) is 52.6 Å². The zero-order valence-corrected chi connectivity index (χ0v) is 12.9. The quantitative estimate of drug-likeness (QED) is 0.903. The van der Waals surface area contributed by atoms with Crippen molar-refractivity contribution >= 4 is 23.2 Å². The van der Waals surface area contributed by atoms with E-state index >= 15 is 0 Å². The van der Waals surface area contributed by atoms with Gasteiger partial charge in [0.15, 0.2) is 0 Å². The molecule has 2 heterocycles. The van der Waals surface area contributed by atoms with Gasteiger partial charge < -0.3 is 15.3 Å². The number of amides is 1. The van der Waals surface area contributed by atoms with Crippen LogP contribution in [-0.2, 0) is 0 Å². The Hall–Kier alpha value is -1.26. The third kappa shape index (κ3) is 2.74. The van der Waals surface area contributed by atoms with Crippen LogP contribution in [0.1, 0.15) is 43.0 Å². The number of aliphatic hydroxyl groups excluding tert-OH is 1. The molecule has 4 nitrogen and oxygen atoms in total. The molecule has 21 heavy (non-hydrogen) atoms. The van der Waals surface area contributed by atoms with Gasteiger partial charge in [-0.1, -0.05) is 11.6 Å². The molecule has 2 unspecified atom stereocenters. The van der Waals surface area contributed by atoms with Gasteiger partial charge in [-0.2, -0.15) is 0 Å². The first-order valence-corrected chi connectivity index (χ1v) is 8.02. The third-order valence-corrected chi connectivity index (χ3v) is 4.76. The van der Waals surface area contributed by atoms with Crippen molar-refractivity contribution in [2.75, 3.05) is 11.9 Å². The van der Waals surface area contributed by atoms with E-state index in [9.17, 15) is 9.90 Å². The van der Waals surface area contributed by atoms with Gasteiger partial charge in [-0.25, -0.2) is 0 Å². The number of rotatable bonds is 3. The number of nitrogens with one attached hydrogen (secondary N) is 1. The Labute approximate surface area is 130 Å². The van der Waals surface area contributed by atoms with Gasteiger partial charge in [-0.15, -0.1) is 0 Å². The molecule has 0 spiro atoms. The molecule has 114 valence electrons. The van der Waals surface area contributed by atoms with Crippen molar-refractivity contribution in [3.8, 4) is 0 Å². The van der Waals surface area contributed by atoms with Crippen LogP contribution in [0, 0.1) is 0 Å². The summed E-state index contributed by atoms with van der Waals surface area (Å²) in [5.74, 6) is 0.0350. The molecule has 2 aliphatic heterocycles. The summed E-state index contributed by atoms with van der Waals surface area (Å²) in [6, 6.07) is 5.73. The molecule has 0 radical (unpaired) electrons. The van der Waals surface area contributed by atoms with Gasteiger partial charge in [0.25, 0.3) is 5.91 Å². The van der Waals surface area contributed by atoms with Gasteiger partial charge >= 0.3 is 0 Å². The van der Waals surface area contributed by atoms with Crippen LogP contribution in [0.5, 0.6) is 0 Å². The summed E-state index contributed by atoms with van der Waals surface area (Å²) in [6.07, 6.45) is 3.10. The number of piperidine rings is 1. The average Bonchev–Trinajstić information content (AvgIpc) is 2.72. The minimum Gasteiger partial charge on any atom is -0.393 e. The van der Waals surface area contributed by atoms with Crippen molar-refractivity contribution in [1.29, 1.82) is 0 Å². The number of benzene rings is 1. The number of halogens is 1. The fourth-order valence-electron chi connectivity index (χ4n) is 3.66. The van der Waals surface area contributed by atoms with Crippen molar-refractivity contribution in [2.24, 2.45) is 0 Å². The molecular weight excluding hydrogens is 288 g/mol. The molecule has 2 saturated heterocycles. The number of fused-ring (bicyclic) bond motifs is 2. The molecule has 1 amide bonds. The fraction of sp³-hybridized carbons (Fsp3) is 0.562. The number of anilines is 1. The summed E-state index contributed by atoms with van der Waals surface area (Å²) in [4.78, 5) is 14.9. The Morgan fingerprint density at radius 3 is 2.67 bits per heavy atom. The Kier molecular flexibility index (Phi) is 4.09. The first-order chi connectivity index (χ1) is 10.1. The van der Waals surface area contributed by atoms with Crippen LogP contribution < -0.4 is 5.32 Å². The van der Waals surface area contributed by atoms with E-state index in [1.807, 2.05) is 17.9 Å². The van der Waals surface area contributed by atoms with Gasteiger partial charge in [0.1, 0.15) is 0 Å². The SMILES string of the molecule is CCNc1ccc(Cl)cc1C(=O)N1C2CCC1CC(O)C2. The van der Waals surface area contributed by atoms with E-state index in [-0.39, 0.29) is 24.1 Å². The Bertz CT molecular complexity index is 535. The normalized spacial score (nSPS) is 27.8. The van der Waals surface area contributed by atoms with Gasteiger partial charge in [-0.3, -0.25) is 4.79 Å². The third-order valence-electron chi connectivity index (χ3n) is 4.52. The summed E-state index contributed by atoms with van der Waals surface area (Å²) in [7, 11) is 0. The molecule has 0 aliphatic carbocycles. The largest absolute Gasteiger partial charge is 0.393 e. The Balaban J connectivity index is 1.90. The molecular formula is C16H21ClN2O2. The highest BCUT2D eigenvalue weighted by Gasteiger charge is 2.43. The van der Waals surface area contributed by atoms with Crippen molar-refractivity contribution in [3.05, 3.63) is 28.8 Å². The average molecular weight is 309 g/mol. The molecule has 2 atom stereocenters. The minimum absolute atomic E-state index is 0.0350. The van der Waals surface area contributed by atoms with E-state index in [0.29, 0.717) is 23.4 Å². The summed E-state index contributed by atoms with van der Waals surface area (Å²) >= 11 is 6.07. The van der Waals surface area contributed by atoms with Crippen LogP contribution in [0.2, 0.25) is 5.02 Å². The second-order valence-electron chi connectivity index (χ2n) is 5.94. The van der Waals surface area contributed by atoms with Crippen LogP contribution in [0.25, 0.3) is 0 Å². The van der Waals surface area contributed by atoms with E-state index in [2.05, 4.69) is 5.32 Å². The first-order valence-electron chi connectivity index (χ1n) is 7.64. The van der Waals surface area contributed by atoms with Crippen molar-refractivity contribution in [3.63, 3.8) is 0 Å². The number of aliphatic hydroxyl groups is 1. The molecule has 2 N–H and O–H groups in total. The maximum atomic E-state index is 13.0. The molecule has 2 bridgehead atoms. The number of hydrogen-bond acceptors (Lipinski definition) is 3. The zero-order valence-electron chi connectivity index (χ0n) is 12.2. The molecule has 5 heteroatoms. The molecule has 1 aromatic rings. The lowest BCUT2D eigenvalue weighted by molar-refractivity contribution is 0.0287. The zero-order chi connectivity index (χ0) is 15.0. The number of carbonyl (C=O) groups excluding carboxylic acids is 1. The number of carbonyl (C=O) groups is 1. The fourth-order valence-corrected chi connectivity index (χ4v) is 3.83. The standard InChI is InChI=1S/C16H21ClN2O2/c1-2-18-15-6-3-10(17)7-14(15)16(21)19-11-4-5-12(19)9-13(20)8-11/h3,6-7,11-13,18,20H,2,4-5,8-9H2,1H3. The van der Waals surface area contributed by atoms with Crippen LogP contribution in [0.4, 0.5) is 5.69 Å². The van der Waals surface area contributed by atoms with E-state index in [0.717, 1.165) is 25.1 Å². The lowest BCUT2D eigenvalue weighted by Crippen LogP contribution is -2.48. The van der Waals surface area contributed by atoms with Crippen LogP contribution in [0.3, 0.4) is 0 Å². The van der Waals surface area contributed by atoms with Gasteiger partial charge in [0.2, 0.25) is 0 Å². The van der Waals surface area contributed by atoms with Crippen LogP contribution in [0.15, 0.2) is 18.2 Å². The summed E-state index contributed by atoms with van der Waals surface area (Å²) in [5.41, 5.74) is 1.47. The molecule has 2 aliphatic rings. The van der Waals surface area contributed by atoms with Crippen molar-refractivity contribution < 1.29 is 9.90 Å². The van der Waals surface area contributed by atoms with Gasteiger partial charge in [0, 0.05) is 29.3 Å². The highest BCUT2D eigenvalue weighted by atomic mass is 35.5. The summed E-state index contributed by atoms with van der Waals surface area (Å²) < 4.78 is 0. The van der Waals surface area contributed by atoms with Gasteiger partial charge in [0.05, 0.1) is 11.7 Å². The lowest BCUT2D eigenvalue weighted by atomic mass is 9.98. The van der Waals surface area contributed by atoms with Crippen molar-refractivity contribution in [2.45, 2.75) is 50.8 Å². The number of hydrogen-bond donors (Lipinski definition) is 2. The lowest BCUT2D eigenvalue weighted by Gasteiger charge is -2.37. The van der Waals surface area contributed by atoms with Crippen LogP contribution >= 0.6 is 11.6 Å². The maximum absolute atomic E-state index is 13.0. The van der Waals surface area contributed by atoms with Crippen molar-refractivity contribution in [1.82, 2.24) is 4.90 Å². The molecule has 0 aromatic heterocycles. The predicted molar refractivity (Wildman–Crippen MR) is 83.8 cm³/mol. The first kappa shape index (κ1) is 14.7. The maximum Gasteiger partial charge on any atom is 0.256 e. The van der Waals surface area contributed by atoms with Gasteiger partial charge in [-0.05, 0) is 50.8 Å².